The second kappa shape index (κ2) is 4.59. The highest BCUT2D eigenvalue weighted by Gasteiger charge is 2.24. The summed E-state index contributed by atoms with van der Waals surface area (Å²) in [4.78, 5) is 0. The van der Waals surface area contributed by atoms with E-state index >= 15 is 0 Å². The highest BCUT2D eigenvalue weighted by molar-refractivity contribution is 5.55. The van der Waals surface area contributed by atoms with Crippen molar-refractivity contribution in [1.82, 2.24) is 0 Å². The van der Waals surface area contributed by atoms with Crippen LogP contribution in [0.4, 0.5) is 0 Å². The molecular formula is C11H15NO4. The molecule has 0 radical (unpaired) electrons. The maximum absolute atomic E-state index is 9.86. The summed E-state index contributed by atoms with van der Waals surface area (Å²) < 4.78 is 16.1. The molecule has 0 aliphatic carbocycles. The first-order valence-electron chi connectivity index (χ1n) is 5.12. The van der Waals surface area contributed by atoms with Gasteiger partial charge in [-0.3, -0.25) is 0 Å². The molecule has 0 spiro atoms. The summed E-state index contributed by atoms with van der Waals surface area (Å²) in [5, 5.41) is 9.86. The van der Waals surface area contributed by atoms with Crippen LogP contribution in [0.1, 0.15) is 11.7 Å². The Morgan fingerprint density at radius 1 is 1.44 bits per heavy atom. The monoisotopic (exact) mass is 225 g/mol. The number of aliphatic hydroxyl groups is 1. The van der Waals surface area contributed by atoms with Crippen LogP contribution in [0.3, 0.4) is 0 Å². The molecule has 1 atom stereocenters. The molecule has 0 amide bonds. The lowest BCUT2D eigenvalue weighted by atomic mass is 10.1. The SMILES string of the molecule is COc1ccc2c(c1C(O)CN)OCCO2. The van der Waals surface area contributed by atoms with Crippen molar-refractivity contribution in [2.45, 2.75) is 6.10 Å². The highest BCUT2D eigenvalue weighted by atomic mass is 16.6. The van der Waals surface area contributed by atoms with E-state index in [9.17, 15) is 5.11 Å². The molecule has 5 heteroatoms. The van der Waals surface area contributed by atoms with Crippen molar-refractivity contribution in [3.63, 3.8) is 0 Å². The van der Waals surface area contributed by atoms with Gasteiger partial charge < -0.3 is 25.1 Å². The zero-order valence-electron chi connectivity index (χ0n) is 9.10. The van der Waals surface area contributed by atoms with E-state index in [1.54, 1.807) is 12.1 Å². The molecule has 5 nitrogen and oxygen atoms in total. The Balaban J connectivity index is 2.51. The van der Waals surface area contributed by atoms with Crippen LogP contribution in [0.25, 0.3) is 0 Å². The van der Waals surface area contributed by atoms with Crippen molar-refractivity contribution in [2.75, 3.05) is 26.9 Å². The molecule has 1 unspecified atom stereocenters. The Morgan fingerprint density at radius 2 is 2.19 bits per heavy atom. The molecule has 1 aliphatic heterocycles. The number of aliphatic hydroxyl groups excluding tert-OH is 1. The fourth-order valence-corrected chi connectivity index (χ4v) is 1.73. The Labute approximate surface area is 93.7 Å². The van der Waals surface area contributed by atoms with Crippen LogP contribution in [0, 0.1) is 0 Å². The maximum Gasteiger partial charge on any atom is 0.170 e. The molecular weight excluding hydrogens is 210 g/mol. The van der Waals surface area contributed by atoms with E-state index in [1.807, 2.05) is 0 Å². The smallest absolute Gasteiger partial charge is 0.170 e. The summed E-state index contributed by atoms with van der Waals surface area (Å²) >= 11 is 0. The maximum atomic E-state index is 9.86. The number of hydrogen-bond acceptors (Lipinski definition) is 5. The van der Waals surface area contributed by atoms with Gasteiger partial charge in [0.1, 0.15) is 19.0 Å². The molecule has 0 saturated carbocycles. The second-order valence-corrected chi connectivity index (χ2v) is 3.46. The number of fused-ring (bicyclic) bond motifs is 1. The van der Waals surface area contributed by atoms with Gasteiger partial charge in [-0.2, -0.15) is 0 Å². The van der Waals surface area contributed by atoms with E-state index < -0.39 is 6.10 Å². The summed E-state index contributed by atoms with van der Waals surface area (Å²) in [7, 11) is 1.54. The summed E-state index contributed by atoms with van der Waals surface area (Å²) in [6.07, 6.45) is -0.813. The van der Waals surface area contributed by atoms with Gasteiger partial charge in [0.05, 0.1) is 18.8 Å². The minimum Gasteiger partial charge on any atom is -0.496 e. The van der Waals surface area contributed by atoms with Gasteiger partial charge >= 0.3 is 0 Å². The Kier molecular flexibility index (Phi) is 3.17. The lowest BCUT2D eigenvalue weighted by Gasteiger charge is -2.24. The van der Waals surface area contributed by atoms with Gasteiger partial charge in [-0.15, -0.1) is 0 Å². The van der Waals surface area contributed by atoms with E-state index in [0.29, 0.717) is 36.0 Å². The van der Waals surface area contributed by atoms with E-state index in [4.69, 9.17) is 19.9 Å². The van der Waals surface area contributed by atoms with Crippen molar-refractivity contribution < 1.29 is 19.3 Å². The predicted molar refractivity (Wildman–Crippen MR) is 58.0 cm³/mol. The van der Waals surface area contributed by atoms with Crippen molar-refractivity contribution in [1.29, 1.82) is 0 Å². The Bertz CT molecular complexity index is 380. The van der Waals surface area contributed by atoms with Crippen LogP contribution in [0.5, 0.6) is 17.2 Å². The van der Waals surface area contributed by atoms with Crippen LogP contribution >= 0.6 is 0 Å². The van der Waals surface area contributed by atoms with Gasteiger partial charge in [0.15, 0.2) is 11.5 Å². The average molecular weight is 225 g/mol. The molecule has 1 heterocycles. The molecule has 0 saturated heterocycles. The molecule has 1 aromatic carbocycles. The third-order valence-electron chi connectivity index (χ3n) is 2.48. The topological polar surface area (TPSA) is 73.9 Å². The lowest BCUT2D eigenvalue weighted by molar-refractivity contribution is 0.146. The average Bonchev–Trinajstić information content (AvgIpc) is 2.36. The first-order valence-corrected chi connectivity index (χ1v) is 5.12. The Hall–Kier alpha value is -1.46. The quantitative estimate of drug-likeness (QED) is 0.781. The molecule has 0 aromatic heterocycles. The third-order valence-corrected chi connectivity index (χ3v) is 2.48. The third kappa shape index (κ3) is 1.79. The fraction of sp³-hybridized carbons (Fsp3) is 0.455. The minimum atomic E-state index is -0.813. The van der Waals surface area contributed by atoms with Crippen LogP contribution in [-0.2, 0) is 0 Å². The summed E-state index contributed by atoms with van der Waals surface area (Å²) in [6, 6.07) is 3.50. The number of hydrogen-bond donors (Lipinski definition) is 2. The van der Waals surface area contributed by atoms with Crippen molar-refractivity contribution in [2.24, 2.45) is 5.73 Å². The van der Waals surface area contributed by atoms with Crippen LogP contribution in [-0.4, -0.2) is 32.0 Å². The molecule has 0 bridgehead atoms. The number of ether oxygens (including phenoxy) is 3. The molecule has 88 valence electrons. The first kappa shape index (κ1) is 11.0. The largest absolute Gasteiger partial charge is 0.496 e. The summed E-state index contributed by atoms with van der Waals surface area (Å²) in [6.45, 7) is 1.08. The van der Waals surface area contributed by atoms with E-state index in [-0.39, 0.29) is 6.54 Å². The van der Waals surface area contributed by atoms with Crippen molar-refractivity contribution in [3.8, 4) is 17.2 Å². The van der Waals surface area contributed by atoms with Crippen LogP contribution < -0.4 is 19.9 Å². The molecule has 1 aromatic rings. The van der Waals surface area contributed by atoms with Crippen LogP contribution in [0.15, 0.2) is 12.1 Å². The molecule has 3 N–H and O–H groups in total. The van der Waals surface area contributed by atoms with Gasteiger partial charge in [0.25, 0.3) is 0 Å². The van der Waals surface area contributed by atoms with E-state index in [1.165, 1.54) is 7.11 Å². The number of rotatable bonds is 3. The summed E-state index contributed by atoms with van der Waals surface area (Å²) in [5.41, 5.74) is 6.02. The molecule has 2 rings (SSSR count). The van der Waals surface area contributed by atoms with Gasteiger partial charge in [-0.25, -0.2) is 0 Å². The Morgan fingerprint density at radius 3 is 2.88 bits per heavy atom. The fourth-order valence-electron chi connectivity index (χ4n) is 1.73. The van der Waals surface area contributed by atoms with Crippen molar-refractivity contribution in [3.05, 3.63) is 17.7 Å². The molecule has 16 heavy (non-hydrogen) atoms. The standard InChI is InChI=1S/C11H15NO4/c1-14-8-2-3-9-11(16-5-4-15-9)10(8)7(13)6-12/h2-3,7,13H,4-6,12H2,1H3. The minimum absolute atomic E-state index is 0.107. The van der Waals surface area contributed by atoms with Crippen molar-refractivity contribution >= 4 is 0 Å². The lowest BCUT2D eigenvalue weighted by Crippen LogP contribution is -2.20. The van der Waals surface area contributed by atoms with Crippen LogP contribution in [0.2, 0.25) is 0 Å². The number of methoxy groups -OCH3 is 1. The van der Waals surface area contributed by atoms with E-state index in [2.05, 4.69) is 0 Å². The van der Waals surface area contributed by atoms with Gasteiger partial charge in [0, 0.05) is 6.54 Å². The first-order chi connectivity index (χ1) is 7.77. The zero-order valence-corrected chi connectivity index (χ0v) is 9.10. The summed E-state index contributed by atoms with van der Waals surface area (Å²) in [5.74, 6) is 1.71. The predicted octanol–water partition coefficient (Wildman–Crippen LogP) is 0.459. The van der Waals surface area contributed by atoms with E-state index in [0.717, 1.165) is 0 Å². The number of benzene rings is 1. The van der Waals surface area contributed by atoms with Gasteiger partial charge in [-0.05, 0) is 12.1 Å². The normalized spacial score (nSPS) is 15.7. The van der Waals surface area contributed by atoms with Gasteiger partial charge in [0.2, 0.25) is 0 Å². The van der Waals surface area contributed by atoms with Gasteiger partial charge in [-0.1, -0.05) is 0 Å². The molecule has 0 fully saturated rings. The second-order valence-electron chi connectivity index (χ2n) is 3.46. The highest BCUT2D eigenvalue weighted by Crippen LogP contribution is 2.42. The molecule has 1 aliphatic rings. The number of nitrogens with two attached hydrogens (primary N) is 1. The zero-order chi connectivity index (χ0) is 11.5.